The molecular weight excluding hydrogens is 180 g/mol. The SMILES string of the molecule is C1OC2CC12.O=Cc1ccccc1O. The molecule has 3 heteroatoms. The monoisotopic (exact) mass is 192 g/mol. The van der Waals surface area contributed by atoms with Gasteiger partial charge in [0.2, 0.25) is 0 Å². The largest absolute Gasteiger partial charge is 0.507 e. The number of carbonyl (C=O) groups is 1. The summed E-state index contributed by atoms with van der Waals surface area (Å²) in [7, 11) is 0. The number of aromatic hydroxyl groups is 1. The second-order valence-corrected chi connectivity index (χ2v) is 3.54. The Morgan fingerprint density at radius 2 is 2.14 bits per heavy atom. The highest BCUT2D eigenvalue weighted by molar-refractivity contribution is 5.78. The van der Waals surface area contributed by atoms with Crippen LogP contribution in [0.2, 0.25) is 0 Å². The van der Waals surface area contributed by atoms with Gasteiger partial charge in [-0.15, -0.1) is 0 Å². The van der Waals surface area contributed by atoms with E-state index in [-0.39, 0.29) is 5.75 Å². The molecule has 1 saturated carbocycles. The van der Waals surface area contributed by atoms with Gasteiger partial charge < -0.3 is 9.84 Å². The van der Waals surface area contributed by atoms with Crippen LogP contribution < -0.4 is 0 Å². The average Bonchev–Trinajstić information content (AvgIpc) is 2.75. The zero-order chi connectivity index (χ0) is 9.97. The first-order valence-electron chi connectivity index (χ1n) is 4.66. The van der Waals surface area contributed by atoms with Crippen molar-refractivity contribution >= 4 is 6.29 Å². The van der Waals surface area contributed by atoms with E-state index >= 15 is 0 Å². The Kier molecular flexibility index (Phi) is 2.50. The fourth-order valence-corrected chi connectivity index (χ4v) is 1.31. The van der Waals surface area contributed by atoms with Crippen LogP contribution in [0.1, 0.15) is 16.8 Å². The normalized spacial score (nSPS) is 26.3. The molecule has 0 spiro atoms. The lowest BCUT2D eigenvalue weighted by Crippen LogP contribution is -2.12. The summed E-state index contributed by atoms with van der Waals surface area (Å²) in [4.78, 5) is 10.1. The number of para-hydroxylation sites is 1. The Hall–Kier alpha value is -1.35. The summed E-state index contributed by atoms with van der Waals surface area (Å²) in [6.45, 7) is 1.06. The van der Waals surface area contributed by atoms with Crippen molar-refractivity contribution in [2.75, 3.05) is 6.61 Å². The summed E-state index contributed by atoms with van der Waals surface area (Å²) < 4.78 is 5.00. The van der Waals surface area contributed by atoms with Crippen LogP contribution in [-0.2, 0) is 4.74 Å². The van der Waals surface area contributed by atoms with E-state index < -0.39 is 0 Å². The fourth-order valence-electron chi connectivity index (χ4n) is 1.31. The maximum atomic E-state index is 10.1. The second kappa shape index (κ2) is 3.80. The first kappa shape index (κ1) is 9.21. The Labute approximate surface area is 82.3 Å². The van der Waals surface area contributed by atoms with Crippen LogP contribution in [-0.4, -0.2) is 24.1 Å². The fraction of sp³-hybridized carbons (Fsp3) is 0.364. The van der Waals surface area contributed by atoms with Gasteiger partial charge in [-0.3, -0.25) is 4.79 Å². The smallest absolute Gasteiger partial charge is 0.153 e. The van der Waals surface area contributed by atoms with E-state index in [0.717, 1.165) is 18.6 Å². The highest BCUT2D eigenvalue weighted by Crippen LogP contribution is 2.42. The number of carbonyl (C=O) groups excluding carboxylic acids is 1. The van der Waals surface area contributed by atoms with Crippen molar-refractivity contribution in [3.8, 4) is 5.75 Å². The predicted octanol–water partition coefficient (Wildman–Crippen LogP) is 1.61. The van der Waals surface area contributed by atoms with Crippen molar-refractivity contribution in [1.82, 2.24) is 0 Å². The molecule has 1 aromatic rings. The topological polar surface area (TPSA) is 46.5 Å². The van der Waals surface area contributed by atoms with Crippen LogP contribution in [0, 0.1) is 5.92 Å². The molecule has 0 aromatic heterocycles. The van der Waals surface area contributed by atoms with Crippen LogP contribution in [0.5, 0.6) is 5.75 Å². The van der Waals surface area contributed by atoms with E-state index in [1.54, 1.807) is 18.2 Å². The van der Waals surface area contributed by atoms with Gasteiger partial charge in [-0.2, -0.15) is 0 Å². The molecule has 0 bridgehead atoms. The predicted molar refractivity (Wildman–Crippen MR) is 51.3 cm³/mol. The van der Waals surface area contributed by atoms with Gasteiger partial charge in [0.25, 0.3) is 0 Å². The molecule has 14 heavy (non-hydrogen) atoms. The van der Waals surface area contributed by atoms with Crippen molar-refractivity contribution in [1.29, 1.82) is 0 Å². The van der Waals surface area contributed by atoms with E-state index in [0.29, 0.717) is 11.8 Å². The molecule has 1 N–H and O–H groups in total. The molecule has 1 aromatic carbocycles. The third-order valence-corrected chi connectivity index (χ3v) is 2.45. The third kappa shape index (κ3) is 1.93. The molecular formula is C11H12O3. The minimum Gasteiger partial charge on any atom is -0.507 e. The van der Waals surface area contributed by atoms with Gasteiger partial charge >= 0.3 is 0 Å². The molecule has 1 saturated heterocycles. The molecule has 1 heterocycles. The molecule has 1 aliphatic heterocycles. The molecule has 0 radical (unpaired) electrons. The minimum atomic E-state index is 0.0347. The number of benzene rings is 1. The molecule has 2 fully saturated rings. The quantitative estimate of drug-likeness (QED) is 0.687. The molecule has 3 nitrogen and oxygen atoms in total. The Morgan fingerprint density at radius 1 is 1.43 bits per heavy atom. The van der Waals surface area contributed by atoms with Crippen LogP contribution in [0.3, 0.4) is 0 Å². The van der Waals surface area contributed by atoms with Crippen molar-refractivity contribution in [3.63, 3.8) is 0 Å². The van der Waals surface area contributed by atoms with Crippen LogP contribution >= 0.6 is 0 Å². The number of ether oxygens (including phenoxy) is 1. The van der Waals surface area contributed by atoms with E-state index in [2.05, 4.69) is 0 Å². The molecule has 2 aliphatic rings. The summed E-state index contributed by atoms with van der Waals surface area (Å²) in [5, 5.41) is 8.88. The van der Waals surface area contributed by atoms with Crippen LogP contribution in [0.15, 0.2) is 24.3 Å². The average molecular weight is 192 g/mol. The van der Waals surface area contributed by atoms with Gasteiger partial charge in [0.05, 0.1) is 18.3 Å². The first-order valence-corrected chi connectivity index (χ1v) is 4.66. The van der Waals surface area contributed by atoms with Crippen LogP contribution in [0.25, 0.3) is 0 Å². The zero-order valence-corrected chi connectivity index (χ0v) is 7.72. The molecule has 2 atom stereocenters. The van der Waals surface area contributed by atoms with E-state index in [9.17, 15) is 4.79 Å². The minimum absolute atomic E-state index is 0.0347. The third-order valence-electron chi connectivity index (χ3n) is 2.45. The van der Waals surface area contributed by atoms with Crippen molar-refractivity contribution in [3.05, 3.63) is 29.8 Å². The summed E-state index contributed by atoms with van der Waals surface area (Å²) in [5.74, 6) is 1.04. The summed E-state index contributed by atoms with van der Waals surface area (Å²) in [6.07, 6.45) is 2.71. The number of phenols is 1. The summed E-state index contributed by atoms with van der Waals surface area (Å²) in [6, 6.07) is 6.40. The van der Waals surface area contributed by atoms with E-state index in [1.165, 1.54) is 12.5 Å². The van der Waals surface area contributed by atoms with Gasteiger partial charge in [0, 0.05) is 5.92 Å². The Bertz CT molecular complexity index is 323. The van der Waals surface area contributed by atoms with Crippen molar-refractivity contribution in [2.45, 2.75) is 12.5 Å². The van der Waals surface area contributed by atoms with Crippen molar-refractivity contribution < 1.29 is 14.6 Å². The van der Waals surface area contributed by atoms with E-state index in [1.807, 2.05) is 0 Å². The number of aldehydes is 1. The second-order valence-electron chi connectivity index (χ2n) is 3.54. The number of hydrogen-bond acceptors (Lipinski definition) is 3. The highest BCUT2D eigenvalue weighted by atomic mass is 16.5. The number of rotatable bonds is 1. The maximum absolute atomic E-state index is 10.1. The number of phenolic OH excluding ortho intramolecular Hbond substituents is 1. The van der Waals surface area contributed by atoms with Crippen LogP contribution in [0.4, 0.5) is 0 Å². The molecule has 1 aliphatic carbocycles. The van der Waals surface area contributed by atoms with Gasteiger partial charge in [0.1, 0.15) is 5.75 Å². The Balaban J connectivity index is 0.000000123. The lowest BCUT2D eigenvalue weighted by atomic mass is 10.2. The lowest BCUT2D eigenvalue weighted by Gasteiger charge is -2.08. The van der Waals surface area contributed by atoms with E-state index in [4.69, 9.17) is 9.84 Å². The van der Waals surface area contributed by atoms with Crippen molar-refractivity contribution in [2.24, 2.45) is 5.92 Å². The molecule has 0 amide bonds. The lowest BCUT2D eigenvalue weighted by molar-refractivity contribution is 0.0231. The van der Waals surface area contributed by atoms with Gasteiger partial charge in [-0.1, -0.05) is 12.1 Å². The molecule has 74 valence electrons. The Morgan fingerprint density at radius 3 is 2.43 bits per heavy atom. The summed E-state index contributed by atoms with van der Waals surface area (Å²) in [5.41, 5.74) is 0.331. The molecule has 3 rings (SSSR count). The number of hydrogen-bond donors (Lipinski definition) is 1. The summed E-state index contributed by atoms with van der Waals surface area (Å²) >= 11 is 0. The first-order chi connectivity index (χ1) is 6.81. The van der Waals surface area contributed by atoms with Gasteiger partial charge in [0.15, 0.2) is 6.29 Å². The highest BCUT2D eigenvalue weighted by Gasteiger charge is 2.46. The van der Waals surface area contributed by atoms with Gasteiger partial charge in [-0.25, -0.2) is 0 Å². The standard InChI is InChI=1S/C7H6O2.C4H6O/c8-5-6-3-1-2-4-7(6)9;1-3-2-5-4(1)3/h1-5,9H;3-4H,1-2H2. The zero-order valence-electron chi connectivity index (χ0n) is 7.72. The van der Waals surface area contributed by atoms with Gasteiger partial charge in [-0.05, 0) is 18.6 Å². The number of fused-ring (bicyclic) bond motifs is 1. The maximum Gasteiger partial charge on any atom is 0.153 e. The molecule has 2 unspecified atom stereocenters.